The van der Waals surface area contributed by atoms with Gasteiger partial charge >= 0.3 is 0 Å². The second-order valence-corrected chi connectivity index (χ2v) is 6.81. The molecule has 0 radical (unpaired) electrons. The van der Waals surface area contributed by atoms with E-state index in [0.717, 1.165) is 25.2 Å². The number of carbonyl (C=O) groups excluding carboxylic acids is 1. The number of hydrogen-bond donors (Lipinski definition) is 1. The van der Waals surface area contributed by atoms with E-state index in [4.69, 9.17) is 0 Å². The van der Waals surface area contributed by atoms with Gasteiger partial charge in [0.1, 0.15) is 0 Å². The summed E-state index contributed by atoms with van der Waals surface area (Å²) in [6.45, 7) is 4.15. The van der Waals surface area contributed by atoms with Gasteiger partial charge in [-0.3, -0.25) is 9.69 Å². The van der Waals surface area contributed by atoms with Gasteiger partial charge in [-0.05, 0) is 75.4 Å². The quantitative estimate of drug-likeness (QED) is 0.921. The molecule has 1 N–H and O–H groups in total. The molecule has 0 aromatic heterocycles. The fourth-order valence-electron chi connectivity index (χ4n) is 3.72. The van der Waals surface area contributed by atoms with Gasteiger partial charge in [0.25, 0.3) is 0 Å². The molecule has 1 amide bonds. The number of nitrogens with one attached hydrogen (secondary N) is 1. The highest BCUT2D eigenvalue weighted by atomic mass is 16.2. The monoisotopic (exact) mass is 300 g/mol. The molecular weight excluding hydrogens is 272 g/mol. The summed E-state index contributed by atoms with van der Waals surface area (Å²) < 4.78 is 0. The Labute approximate surface area is 134 Å². The summed E-state index contributed by atoms with van der Waals surface area (Å²) in [5.74, 6) is 0.138. The first-order valence-corrected chi connectivity index (χ1v) is 8.91. The Morgan fingerprint density at radius 3 is 2.45 bits per heavy atom. The number of benzene rings is 1. The number of nitrogens with zero attached hydrogens (tertiary/aromatic N) is 1. The summed E-state index contributed by atoms with van der Waals surface area (Å²) in [5.41, 5.74) is 3.83. The second kappa shape index (κ2) is 7.28. The molecule has 1 aromatic carbocycles. The summed E-state index contributed by atoms with van der Waals surface area (Å²) in [4.78, 5) is 14.9. The van der Waals surface area contributed by atoms with E-state index in [2.05, 4.69) is 28.4 Å². The van der Waals surface area contributed by atoms with Crippen LogP contribution in [0.1, 0.15) is 56.6 Å². The van der Waals surface area contributed by atoms with Crippen LogP contribution in [0.25, 0.3) is 0 Å². The molecule has 22 heavy (non-hydrogen) atoms. The molecule has 3 heteroatoms. The van der Waals surface area contributed by atoms with Crippen LogP contribution >= 0.6 is 0 Å². The van der Waals surface area contributed by atoms with Gasteiger partial charge in [0.15, 0.2) is 0 Å². The fraction of sp³-hybridized carbons (Fsp3) is 0.632. The summed E-state index contributed by atoms with van der Waals surface area (Å²) in [6, 6.07) is 6.37. The third kappa shape index (κ3) is 3.70. The highest BCUT2D eigenvalue weighted by Crippen LogP contribution is 2.25. The zero-order valence-electron chi connectivity index (χ0n) is 13.7. The summed E-state index contributed by atoms with van der Waals surface area (Å²) in [5, 5.41) is 3.12. The normalized spacial score (nSPS) is 20.8. The van der Waals surface area contributed by atoms with Gasteiger partial charge in [0, 0.05) is 5.69 Å². The molecule has 2 aliphatic rings. The average molecular weight is 300 g/mol. The standard InChI is InChI=1S/C19H28N2O/c1-15(21-12-5-3-2-4-6-13-21)19(22)20-18-11-10-16-8-7-9-17(16)14-18/h10-11,14-15H,2-9,12-13H2,1H3,(H,20,22)/t15-/m1/s1. The van der Waals surface area contributed by atoms with Crippen molar-refractivity contribution in [3.8, 4) is 0 Å². The van der Waals surface area contributed by atoms with Crippen LogP contribution in [0, 0.1) is 0 Å². The maximum atomic E-state index is 12.6. The highest BCUT2D eigenvalue weighted by Gasteiger charge is 2.22. The van der Waals surface area contributed by atoms with Crippen molar-refractivity contribution >= 4 is 11.6 Å². The lowest BCUT2D eigenvalue weighted by atomic mass is 10.1. The van der Waals surface area contributed by atoms with Crippen LogP contribution in [-0.2, 0) is 17.6 Å². The van der Waals surface area contributed by atoms with Crippen molar-refractivity contribution in [2.75, 3.05) is 18.4 Å². The lowest BCUT2D eigenvalue weighted by molar-refractivity contribution is -0.120. The Hall–Kier alpha value is -1.35. The Morgan fingerprint density at radius 2 is 1.68 bits per heavy atom. The number of fused-ring (bicyclic) bond motifs is 1. The third-order valence-corrected chi connectivity index (χ3v) is 5.18. The fourth-order valence-corrected chi connectivity index (χ4v) is 3.72. The highest BCUT2D eigenvalue weighted by molar-refractivity contribution is 5.94. The molecule has 3 nitrogen and oxygen atoms in total. The summed E-state index contributed by atoms with van der Waals surface area (Å²) in [7, 11) is 0. The molecule has 1 aliphatic heterocycles. The van der Waals surface area contributed by atoms with E-state index in [1.807, 2.05) is 6.92 Å². The molecule has 0 saturated carbocycles. The zero-order valence-corrected chi connectivity index (χ0v) is 13.7. The second-order valence-electron chi connectivity index (χ2n) is 6.81. The van der Waals surface area contributed by atoms with Gasteiger partial charge in [0.2, 0.25) is 5.91 Å². The van der Waals surface area contributed by atoms with Crippen LogP contribution < -0.4 is 5.32 Å². The molecule has 1 aliphatic carbocycles. The number of anilines is 1. The van der Waals surface area contributed by atoms with Crippen molar-refractivity contribution in [2.45, 2.75) is 64.3 Å². The first-order chi connectivity index (χ1) is 10.7. The van der Waals surface area contributed by atoms with Gasteiger partial charge in [0.05, 0.1) is 6.04 Å². The Kier molecular flexibility index (Phi) is 5.14. The van der Waals surface area contributed by atoms with E-state index in [1.165, 1.54) is 56.1 Å². The van der Waals surface area contributed by atoms with Crippen LogP contribution in [0.15, 0.2) is 18.2 Å². The van der Waals surface area contributed by atoms with Crippen LogP contribution in [0.3, 0.4) is 0 Å². The number of aryl methyl sites for hydroxylation is 2. The molecule has 1 heterocycles. The number of likely N-dealkylation sites (tertiary alicyclic amines) is 1. The molecule has 1 aromatic rings. The van der Waals surface area contributed by atoms with E-state index < -0.39 is 0 Å². The number of amides is 1. The van der Waals surface area contributed by atoms with E-state index in [0.29, 0.717) is 0 Å². The Morgan fingerprint density at radius 1 is 1.00 bits per heavy atom. The van der Waals surface area contributed by atoms with Crippen LogP contribution in [0.4, 0.5) is 5.69 Å². The molecule has 3 rings (SSSR count). The predicted octanol–water partition coefficient (Wildman–Crippen LogP) is 3.77. The van der Waals surface area contributed by atoms with Gasteiger partial charge in [-0.1, -0.05) is 25.3 Å². The van der Waals surface area contributed by atoms with E-state index in [-0.39, 0.29) is 11.9 Å². The topological polar surface area (TPSA) is 32.3 Å². The van der Waals surface area contributed by atoms with Crippen molar-refractivity contribution < 1.29 is 4.79 Å². The smallest absolute Gasteiger partial charge is 0.241 e. The Balaban J connectivity index is 1.60. The van der Waals surface area contributed by atoms with Crippen molar-refractivity contribution in [3.63, 3.8) is 0 Å². The molecule has 0 spiro atoms. The summed E-state index contributed by atoms with van der Waals surface area (Å²) in [6.07, 6.45) is 9.98. The number of rotatable bonds is 3. The third-order valence-electron chi connectivity index (χ3n) is 5.18. The van der Waals surface area contributed by atoms with Crippen LogP contribution in [0.2, 0.25) is 0 Å². The number of carbonyl (C=O) groups is 1. The minimum absolute atomic E-state index is 0.0358. The van der Waals surface area contributed by atoms with E-state index in [1.54, 1.807) is 0 Å². The largest absolute Gasteiger partial charge is 0.325 e. The first-order valence-electron chi connectivity index (χ1n) is 8.91. The van der Waals surface area contributed by atoms with Gasteiger partial charge in [-0.2, -0.15) is 0 Å². The molecule has 0 bridgehead atoms. The van der Waals surface area contributed by atoms with Gasteiger partial charge in [-0.15, -0.1) is 0 Å². The lowest BCUT2D eigenvalue weighted by Crippen LogP contribution is -2.43. The van der Waals surface area contributed by atoms with Gasteiger partial charge in [-0.25, -0.2) is 0 Å². The van der Waals surface area contributed by atoms with E-state index in [9.17, 15) is 4.79 Å². The lowest BCUT2D eigenvalue weighted by Gasteiger charge is -2.29. The van der Waals surface area contributed by atoms with Crippen molar-refractivity contribution in [1.29, 1.82) is 0 Å². The minimum atomic E-state index is -0.0358. The molecule has 1 fully saturated rings. The summed E-state index contributed by atoms with van der Waals surface area (Å²) >= 11 is 0. The predicted molar refractivity (Wildman–Crippen MR) is 91.2 cm³/mol. The zero-order chi connectivity index (χ0) is 15.4. The molecular formula is C19H28N2O. The number of hydrogen-bond acceptors (Lipinski definition) is 2. The molecule has 1 atom stereocenters. The first kappa shape index (κ1) is 15.5. The van der Waals surface area contributed by atoms with E-state index >= 15 is 0 Å². The maximum absolute atomic E-state index is 12.6. The van der Waals surface area contributed by atoms with Crippen LogP contribution in [-0.4, -0.2) is 29.9 Å². The molecule has 120 valence electrons. The molecule has 0 unspecified atom stereocenters. The van der Waals surface area contributed by atoms with Crippen molar-refractivity contribution in [3.05, 3.63) is 29.3 Å². The SMILES string of the molecule is C[C@H](C(=O)Nc1ccc2c(c1)CCC2)N1CCCCCCC1. The van der Waals surface area contributed by atoms with Crippen LogP contribution in [0.5, 0.6) is 0 Å². The average Bonchev–Trinajstić information content (AvgIpc) is 2.94. The maximum Gasteiger partial charge on any atom is 0.241 e. The Bertz CT molecular complexity index is 518. The minimum Gasteiger partial charge on any atom is -0.325 e. The molecule has 1 saturated heterocycles. The van der Waals surface area contributed by atoms with Crippen molar-refractivity contribution in [1.82, 2.24) is 4.90 Å². The van der Waals surface area contributed by atoms with Gasteiger partial charge < -0.3 is 5.32 Å². The van der Waals surface area contributed by atoms with Crippen molar-refractivity contribution in [2.24, 2.45) is 0 Å².